The van der Waals surface area contributed by atoms with E-state index in [4.69, 9.17) is 14.5 Å². The summed E-state index contributed by atoms with van der Waals surface area (Å²) in [6, 6.07) is 2.01. The van der Waals surface area contributed by atoms with E-state index in [9.17, 15) is 0 Å². The molecule has 0 unspecified atom stereocenters. The summed E-state index contributed by atoms with van der Waals surface area (Å²) in [5.74, 6) is 2.70. The second-order valence-corrected chi connectivity index (χ2v) is 7.16. The van der Waals surface area contributed by atoms with Gasteiger partial charge in [0.2, 0.25) is 5.95 Å². The maximum atomic E-state index is 5.47. The molecule has 3 fully saturated rings. The van der Waals surface area contributed by atoms with Gasteiger partial charge in [-0.25, -0.2) is 4.98 Å². The van der Waals surface area contributed by atoms with Crippen molar-refractivity contribution in [1.29, 1.82) is 0 Å². The zero-order valence-electron chi connectivity index (χ0n) is 15.0. The molecule has 0 N–H and O–H groups in total. The molecule has 0 radical (unpaired) electrons. The van der Waals surface area contributed by atoms with Crippen molar-refractivity contribution in [3.8, 4) is 0 Å². The Morgan fingerprint density at radius 2 is 1.60 bits per heavy atom. The van der Waals surface area contributed by atoms with Crippen LogP contribution >= 0.6 is 0 Å². The number of piperazine rings is 1. The molecule has 25 heavy (non-hydrogen) atoms. The lowest BCUT2D eigenvalue weighted by molar-refractivity contribution is 0.0517. The van der Waals surface area contributed by atoms with Gasteiger partial charge in [0.15, 0.2) is 0 Å². The normalized spacial score (nSPS) is 23.8. The molecule has 0 bridgehead atoms. The minimum absolute atomic E-state index is 0.782. The number of nitrogens with zero attached hydrogens (tertiary/aromatic N) is 5. The second-order valence-electron chi connectivity index (χ2n) is 7.16. The van der Waals surface area contributed by atoms with E-state index < -0.39 is 0 Å². The summed E-state index contributed by atoms with van der Waals surface area (Å²) in [5.41, 5.74) is 0. The molecule has 138 valence electrons. The average molecular weight is 347 g/mol. The zero-order chi connectivity index (χ0) is 16.9. The van der Waals surface area contributed by atoms with Crippen LogP contribution in [0.25, 0.3) is 0 Å². The van der Waals surface area contributed by atoms with Crippen molar-refractivity contribution >= 4 is 11.8 Å². The third-order valence-electron chi connectivity index (χ3n) is 5.48. The highest BCUT2D eigenvalue weighted by Gasteiger charge is 2.23. The fourth-order valence-corrected chi connectivity index (χ4v) is 3.88. The van der Waals surface area contributed by atoms with Gasteiger partial charge in [-0.1, -0.05) is 0 Å². The smallest absolute Gasteiger partial charge is 0.227 e. The lowest BCUT2D eigenvalue weighted by Gasteiger charge is -2.37. The molecule has 0 aliphatic carbocycles. The topological polar surface area (TPSA) is 54.0 Å². The minimum atomic E-state index is 0.782. The lowest BCUT2D eigenvalue weighted by Crippen LogP contribution is -2.48. The predicted molar refractivity (Wildman–Crippen MR) is 97.3 cm³/mol. The maximum Gasteiger partial charge on any atom is 0.227 e. The van der Waals surface area contributed by atoms with Crippen molar-refractivity contribution in [3.63, 3.8) is 0 Å². The Kier molecular flexibility index (Phi) is 5.64. The van der Waals surface area contributed by atoms with E-state index in [1.54, 1.807) is 0 Å². The van der Waals surface area contributed by atoms with Gasteiger partial charge in [0, 0.05) is 65.2 Å². The molecule has 0 aromatic carbocycles. The number of anilines is 2. The molecule has 0 atom stereocenters. The molecule has 1 aromatic rings. The molecule has 3 saturated heterocycles. The first-order valence-corrected chi connectivity index (χ1v) is 9.59. The molecule has 3 aliphatic rings. The molecule has 0 amide bonds. The van der Waals surface area contributed by atoms with Crippen molar-refractivity contribution < 1.29 is 9.47 Å². The molecular weight excluding hydrogens is 318 g/mol. The van der Waals surface area contributed by atoms with Gasteiger partial charge in [0.25, 0.3) is 0 Å². The number of rotatable bonds is 4. The first kappa shape index (κ1) is 17.0. The van der Waals surface area contributed by atoms with Crippen LogP contribution in [0.3, 0.4) is 0 Å². The van der Waals surface area contributed by atoms with Crippen molar-refractivity contribution in [1.82, 2.24) is 14.9 Å². The van der Waals surface area contributed by atoms with Gasteiger partial charge in [0.05, 0.1) is 13.2 Å². The molecule has 7 heteroatoms. The van der Waals surface area contributed by atoms with Crippen LogP contribution in [0.1, 0.15) is 12.8 Å². The fourth-order valence-electron chi connectivity index (χ4n) is 3.88. The van der Waals surface area contributed by atoms with E-state index >= 15 is 0 Å². The van der Waals surface area contributed by atoms with Gasteiger partial charge < -0.3 is 19.3 Å². The van der Waals surface area contributed by atoms with Crippen LogP contribution in [0, 0.1) is 5.92 Å². The van der Waals surface area contributed by atoms with Crippen LogP contribution in [0.2, 0.25) is 0 Å². The molecule has 0 spiro atoms. The Balaban J connectivity index is 1.31. The van der Waals surface area contributed by atoms with E-state index in [0.717, 1.165) is 83.4 Å². The first-order chi connectivity index (χ1) is 12.4. The average Bonchev–Trinajstić information content (AvgIpc) is 2.70. The number of morpholine rings is 1. The Morgan fingerprint density at radius 1 is 0.880 bits per heavy atom. The van der Waals surface area contributed by atoms with Crippen molar-refractivity contribution in [3.05, 3.63) is 12.3 Å². The second kappa shape index (κ2) is 8.29. The predicted octanol–water partition coefficient (Wildman–Crippen LogP) is 0.862. The Bertz CT molecular complexity index is 538. The quantitative estimate of drug-likeness (QED) is 0.801. The number of hydrogen-bond donors (Lipinski definition) is 0. The van der Waals surface area contributed by atoms with Crippen molar-refractivity contribution in [2.45, 2.75) is 12.8 Å². The van der Waals surface area contributed by atoms with Gasteiger partial charge in [-0.05, 0) is 24.8 Å². The van der Waals surface area contributed by atoms with E-state index in [2.05, 4.69) is 19.7 Å². The molecule has 4 rings (SSSR count). The molecule has 0 saturated carbocycles. The summed E-state index contributed by atoms with van der Waals surface area (Å²) in [6.45, 7) is 10.7. The van der Waals surface area contributed by atoms with Crippen molar-refractivity contribution in [2.75, 3.05) is 82.0 Å². The molecule has 1 aromatic heterocycles. The number of ether oxygens (including phenoxy) is 2. The summed E-state index contributed by atoms with van der Waals surface area (Å²) in [6.07, 6.45) is 4.32. The molecule has 7 nitrogen and oxygen atoms in total. The SMILES string of the molecule is c1cc(N2CCOCC2)nc(N2CCN(CC3CCOCC3)CC2)n1. The third kappa shape index (κ3) is 4.40. The fraction of sp³-hybridized carbons (Fsp3) is 0.778. The van der Waals surface area contributed by atoms with Crippen LogP contribution in [0.4, 0.5) is 11.8 Å². The van der Waals surface area contributed by atoms with E-state index in [0.29, 0.717) is 0 Å². The standard InChI is InChI=1S/C18H29N5O2/c1-4-19-18(20-17(1)22-9-13-25-14-10-22)23-7-5-21(6-8-23)15-16-2-11-24-12-3-16/h1,4,16H,2-3,5-15H2. The molecule has 3 aliphatic heterocycles. The van der Waals surface area contributed by atoms with Crippen LogP contribution < -0.4 is 9.80 Å². The molecule has 4 heterocycles. The van der Waals surface area contributed by atoms with E-state index in [-0.39, 0.29) is 0 Å². The zero-order valence-corrected chi connectivity index (χ0v) is 15.0. The maximum absolute atomic E-state index is 5.47. The van der Waals surface area contributed by atoms with Crippen LogP contribution in [0.5, 0.6) is 0 Å². The summed E-state index contributed by atoms with van der Waals surface area (Å²) in [4.78, 5) is 16.5. The summed E-state index contributed by atoms with van der Waals surface area (Å²) >= 11 is 0. The summed E-state index contributed by atoms with van der Waals surface area (Å²) < 4.78 is 10.9. The van der Waals surface area contributed by atoms with E-state index in [1.165, 1.54) is 19.4 Å². The Labute approximate surface area is 149 Å². The van der Waals surface area contributed by atoms with Gasteiger partial charge in [-0.3, -0.25) is 4.90 Å². The number of hydrogen-bond acceptors (Lipinski definition) is 7. The highest BCUT2D eigenvalue weighted by Crippen LogP contribution is 2.20. The van der Waals surface area contributed by atoms with Gasteiger partial charge in [0.1, 0.15) is 5.82 Å². The van der Waals surface area contributed by atoms with Gasteiger partial charge in [-0.2, -0.15) is 4.98 Å². The van der Waals surface area contributed by atoms with Crippen molar-refractivity contribution in [2.24, 2.45) is 5.92 Å². The Morgan fingerprint density at radius 3 is 2.36 bits per heavy atom. The first-order valence-electron chi connectivity index (χ1n) is 9.59. The van der Waals surface area contributed by atoms with E-state index in [1.807, 2.05) is 12.3 Å². The monoisotopic (exact) mass is 347 g/mol. The molecular formula is C18H29N5O2. The third-order valence-corrected chi connectivity index (χ3v) is 5.48. The lowest BCUT2D eigenvalue weighted by atomic mass is 9.99. The Hall–Kier alpha value is -1.44. The van der Waals surface area contributed by atoms with Gasteiger partial charge >= 0.3 is 0 Å². The van der Waals surface area contributed by atoms with Crippen LogP contribution in [0.15, 0.2) is 12.3 Å². The van der Waals surface area contributed by atoms with Gasteiger partial charge in [-0.15, -0.1) is 0 Å². The largest absolute Gasteiger partial charge is 0.381 e. The highest BCUT2D eigenvalue weighted by atomic mass is 16.5. The summed E-state index contributed by atoms with van der Waals surface area (Å²) in [7, 11) is 0. The highest BCUT2D eigenvalue weighted by molar-refractivity contribution is 5.44. The summed E-state index contributed by atoms with van der Waals surface area (Å²) in [5, 5.41) is 0. The van der Waals surface area contributed by atoms with Crippen LogP contribution in [-0.2, 0) is 9.47 Å². The van der Waals surface area contributed by atoms with Crippen LogP contribution in [-0.4, -0.2) is 87.1 Å². The number of aromatic nitrogens is 2. The minimum Gasteiger partial charge on any atom is -0.381 e.